The smallest absolute Gasteiger partial charge is 0.181 e. The minimum Gasteiger partial charge on any atom is -0.358 e. The highest BCUT2D eigenvalue weighted by Gasteiger charge is 2.16. The molecule has 0 aliphatic heterocycles. The number of allylic oxidation sites excluding steroid dienone is 1. The van der Waals surface area contributed by atoms with Crippen molar-refractivity contribution in [2.75, 3.05) is 5.32 Å². The largest absolute Gasteiger partial charge is 0.358 e. The van der Waals surface area contributed by atoms with Crippen LogP contribution >= 0.6 is 0 Å². The van der Waals surface area contributed by atoms with Crippen molar-refractivity contribution in [1.29, 1.82) is 0 Å². The van der Waals surface area contributed by atoms with Crippen LogP contribution in [0.4, 0.5) is 10.1 Å². The van der Waals surface area contributed by atoms with Crippen LogP contribution in [0.3, 0.4) is 0 Å². The second-order valence-electron chi connectivity index (χ2n) is 9.27. The quantitative estimate of drug-likeness (QED) is 0.200. The Morgan fingerprint density at radius 3 is 2.71 bits per heavy atom. The highest BCUT2D eigenvalue weighted by atomic mass is 19.1. The second-order valence-corrected chi connectivity index (χ2v) is 9.27. The summed E-state index contributed by atoms with van der Waals surface area (Å²) in [6, 6.07) is 14.6. The minimum absolute atomic E-state index is 0.275. The third-order valence-corrected chi connectivity index (χ3v) is 6.60. The van der Waals surface area contributed by atoms with Gasteiger partial charge in [0.15, 0.2) is 5.65 Å². The molecule has 0 saturated heterocycles. The topological polar surface area (TPSA) is 95.2 Å². The number of aromatic nitrogens is 6. The normalized spacial score (nSPS) is 11.3. The van der Waals surface area contributed by atoms with Gasteiger partial charge in [-0.2, -0.15) is 5.10 Å². The number of aromatic amines is 2. The number of halogens is 1. The number of fused-ring (bicyclic) bond motifs is 2. The molecule has 0 fully saturated rings. The molecular weight excluding hydrogens is 477 g/mol. The third kappa shape index (κ3) is 4.41. The van der Waals surface area contributed by atoms with Crippen LogP contribution in [0.5, 0.6) is 0 Å². The van der Waals surface area contributed by atoms with Crippen molar-refractivity contribution >= 4 is 27.8 Å². The Balaban J connectivity index is 1.38. The van der Waals surface area contributed by atoms with E-state index in [-0.39, 0.29) is 5.82 Å². The molecule has 0 bridgehead atoms. The molecule has 0 spiro atoms. The second kappa shape index (κ2) is 9.89. The first-order valence-electron chi connectivity index (χ1n) is 12.6. The Hall–Kier alpha value is -4.85. The van der Waals surface area contributed by atoms with Gasteiger partial charge in [-0.15, -0.1) is 0 Å². The summed E-state index contributed by atoms with van der Waals surface area (Å²) < 4.78 is 14.6. The van der Waals surface area contributed by atoms with Crippen molar-refractivity contribution in [3.63, 3.8) is 0 Å². The van der Waals surface area contributed by atoms with E-state index in [1.54, 1.807) is 30.7 Å². The van der Waals surface area contributed by atoms with Crippen LogP contribution in [0.1, 0.15) is 26.2 Å². The summed E-state index contributed by atoms with van der Waals surface area (Å²) in [5.74, 6) is -0.275. The zero-order valence-electron chi connectivity index (χ0n) is 20.9. The van der Waals surface area contributed by atoms with E-state index in [0.717, 1.165) is 69.5 Å². The fraction of sp³-hybridized carbons (Fsp3) is 0.133. The van der Waals surface area contributed by atoms with E-state index in [1.807, 2.05) is 36.5 Å². The summed E-state index contributed by atoms with van der Waals surface area (Å²) in [6.45, 7) is 6.29. The number of hydrogen-bond acceptors (Lipinski definition) is 5. The van der Waals surface area contributed by atoms with Gasteiger partial charge in [0.1, 0.15) is 11.5 Å². The number of nitrogens with one attached hydrogen (secondary N) is 3. The van der Waals surface area contributed by atoms with Gasteiger partial charge in [-0.3, -0.25) is 10.1 Å². The van der Waals surface area contributed by atoms with Gasteiger partial charge in [-0.25, -0.2) is 14.4 Å². The summed E-state index contributed by atoms with van der Waals surface area (Å²) in [4.78, 5) is 16.8. The van der Waals surface area contributed by atoms with Gasteiger partial charge >= 0.3 is 0 Å². The molecule has 5 aromatic heterocycles. The maximum atomic E-state index is 14.6. The first-order valence-corrected chi connectivity index (χ1v) is 12.6. The van der Waals surface area contributed by atoms with Gasteiger partial charge < -0.3 is 10.3 Å². The van der Waals surface area contributed by atoms with E-state index in [0.29, 0.717) is 16.9 Å². The van der Waals surface area contributed by atoms with Crippen molar-refractivity contribution in [3.8, 4) is 33.6 Å². The SMILES string of the molecule is C=C(CCCC)Nc1cncc(-c2cnc3n[nH]c(-c4cc5c(-c6ccccc6F)ccnc5[nH]4)c3c2)c1. The number of nitrogens with zero attached hydrogens (tertiary/aromatic N) is 4. The molecule has 0 aliphatic carbocycles. The number of rotatable bonds is 8. The third-order valence-electron chi connectivity index (χ3n) is 6.60. The molecule has 7 nitrogen and oxygen atoms in total. The predicted molar refractivity (Wildman–Crippen MR) is 150 cm³/mol. The predicted octanol–water partition coefficient (Wildman–Crippen LogP) is 7.49. The van der Waals surface area contributed by atoms with E-state index in [9.17, 15) is 4.39 Å². The summed E-state index contributed by atoms with van der Waals surface area (Å²) in [5.41, 5.74) is 7.84. The van der Waals surface area contributed by atoms with E-state index < -0.39 is 0 Å². The molecule has 0 atom stereocenters. The van der Waals surface area contributed by atoms with Crippen LogP contribution in [0.15, 0.2) is 85.6 Å². The first kappa shape index (κ1) is 23.5. The van der Waals surface area contributed by atoms with Gasteiger partial charge in [0.05, 0.1) is 23.3 Å². The maximum Gasteiger partial charge on any atom is 0.181 e. The summed E-state index contributed by atoms with van der Waals surface area (Å²) in [6.07, 6.45) is 10.2. The average Bonchev–Trinajstić information content (AvgIpc) is 3.56. The van der Waals surface area contributed by atoms with Crippen molar-refractivity contribution in [2.45, 2.75) is 26.2 Å². The van der Waals surface area contributed by atoms with Crippen LogP contribution in [-0.4, -0.2) is 30.1 Å². The lowest BCUT2D eigenvalue weighted by molar-refractivity contribution is 0.631. The molecule has 0 radical (unpaired) electrons. The molecule has 3 N–H and O–H groups in total. The molecule has 1 aromatic carbocycles. The number of hydrogen-bond donors (Lipinski definition) is 3. The van der Waals surface area contributed by atoms with Crippen molar-refractivity contribution in [1.82, 2.24) is 30.1 Å². The lowest BCUT2D eigenvalue weighted by Crippen LogP contribution is -1.98. The fourth-order valence-corrected chi connectivity index (χ4v) is 4.66. The van der Waals surface area contributed by atoms with Crippen molar-refractivity contribution in [2.24, 2.45) is 0 Å². The molecule has 0 unspecified atom stereocenters. The standard InChI is InChI=1S/C30H26FN7/c1-3-4-7-18(2)35-21-12-19(15-32-17-21)20-13-25-28(37-38-30(25)34-16-20)27-14-24-22(10-11-33-29(24)36-27)23-8-5-6-9-26(23)31/h5-6,8-17,35H,2-4,7H2,1H3,(H,33,36)(H,34,37,38). The lowest BCUT2D eigenvalue weighted by atomic mass is 10.0. The lowest BCUT2D eigenvalue weighted by Gasteiger charge is -2.10. The zero-order valence-corrected chi connectivity index (χ0v) is 20.9. The van der Waals surface area contributed by atoms with Crippen molar-refractivity contribution < 1.29 is 4.39 Å². The molecule has 0 aliphatic rings. The summed E-state index contributed by atoms with van der Waals surface area (Å²) in [5, 5.41) is 12.6. The minimum atomic E-state index is -0.275. The number of unbranched alkanes of at least 4 members (excludes halogenated alkanes) is 1. The van der Waals surface area contributed by atoms with Gasteiger partial charge in [0, 0.05) is 51.8 Å². The van der Waals surface area contributed by atoms with Crippen LogP contribution in [0, 0.1) is 5.82 Å². The van der Waals surface area contributed by atoms with Gasteiger partial charge in [0.2, 0.25) is 0 Å². The van der Waals surface area contributed by atoms with Gasteiger partial charge in [0.25, 0.3) is 0 Å². The Bertz CT molecular complexity index is 1780. The molecule has 38 heavy (non-hydrogen) atoms. The van der Waals surface area contributed by atoms with Gasteiger partial charge in [-0.05, 0) is 48.7 Å². The summed E-state index contributed by atoms with van der Waals surface area (Å²) in [7, 11) is 0. The molecule has 6 aromatic rings. The number of pyridine rings is 3. The van der Waals surface area contributed by atoms with Crippen LogP contribution < -0.4 is 5.32 Å². The Labute approximate surface area is 218 Å². The number of anilines is 1. The van der Waals surface area contributed by atoms with E-state index in [4.69, 9.17) is 0 Å². The van der Waals surface area contributed by atoms with E-state index in [2.05, 4.69) is 49.0 Å². The van der Waals surface area contributed by atoms with Crippen LogP contribution in [-0.2, 0) is 0 Å². The molecule has 188 valence electrons. The average molecular weight is 504 g/mol. The summed E-state index contributed by atoms with van der Waals surface area (Å²) >= 11 is 0. The molecule has 5 heterocycles. The number of benzene rings is 1. The van der Waals surface area contributed by atoms with E-state index in [1.165, 1.54) is 6.07 Å². The maximum absolute atomic E-state index is 14.6. The highest BCUT2D eigenvalue weighted by Crippen LogP contribution is 2.35. The Morgan fingerprint density at radius 1 is 0.974 bits per heavy atom. The molecule has 0 amide bonds. The Morgan fingerprint density at radius 2 is 1.84 bits per heavy atom. The molecule has 0 saturated carbocycles. The molecular formula is C30H26FN7. The number of H-pyrrole nitrogens is 2. The fourth-order valence-electron chi connectivity index (χ4n) is 4.66. The highest BCUT2D eigenvalue weighted by molar-refractivity contribution is 5.99. The molecule has 6 rings (SSSR count). The van der Waals surface area contributed by atoms with Crippen molar-refractivity contribution in [3.05, 3.63) is 91.4 Å². The molecule has 8 heteroatoms. The van der Waals surface area contributed by atoms with Gasteiger partial charge in [-0.1, -0.05) is 38.1 Å². The zero-order chi connectivity index (χ0) is 26.1. The Kier molecular flexibility index (Phi) is 6.13. The first-order chi connectivity index (χ1) is 18.6. The van der Waals surface area contributed by atoms with Crippen LogP contribution in [0.2, 0.25) is 0 Å². The van der Waals surface area contributed by atoms with E-state index >= 15 is 0 Å². The van der Waals surface area contributed by atoms with Crippen LogP contribution in [0.25, 0.3) is 55.7 Å². The monoisotopic (exact) mass is 503 g/mol.